The minimum atomic E-state index is 0.440. The van der Waals surface area contributed by atoms with Gasteiger partial charge in [-0.2, -0.15) is 0 Å². The number of para-hydroxylation sites is 3. The van der Waals surface area contributed by atoms with Crippen LogP contribution in [0.5, 0.6) is 0 Å². The summed E-state index contributed by atoms with van der Waals surface area (Å²) in [6, 6.07) is 46.5. The summed E-state index contributed by atoms with van der Waals surface area (Å²) in [6.45, 7) is 0. The van der Waals surface area contributed by atoms with Gasteiger partial charge in [0.1, 0.15) is 11.4 Å². The molecule has 0 unspecified atom stereocenters. The predicted molar refractivity (Wildman–Crippen MR) is 207 cm³/mol. The third kappa shape index (κ3) is 5.53. The van der Waals surface area contributed by atoms with Gasteiger partial charge in [-0.3, -0.25) is 19.9 Å². The van der Waals surface area contributed by atoms with E-state index >= 15 is 0 Å². The fourth-order valence-corrected chi connectivity index (χ4v) is 6.66. The molecule has 0 fully saturated rings. The van der Waals surface area contributed by atoms with Gasteiger partial charge < -0.3 is 4.40 Å². The highest BCUT2D eigenvalue weighted by Crippen LogP contribution is 2.33. The van der Waals surface area contributed by atoms with Gasteiger partial charge in [0.15, 0.2) is 17.5 Å². The van der Waals surface area contributed by atoms with Crippen LogP contribution in [0.1, 0.15) is 0 Å². The summed E-state index contributed by atoms with van der Waals surface area (Å²) in [5.74, 6) is 1.39. The first kappa shape index (κ1) is 30.3. The van der Waals surface area contributed by atoms with Crippen LogP contribution in [0.25, 0.3) is 95.6 Å². The Morgan fingerprint density at radius 2 is 0.906 bits per heavy atom. The molecular formula is C44H27N9. The van der Waals surface area contributed by atoms with Crippen LogP contribution in [0.15, 0.2) is 164 Å². The van der Waals surface area contributed by atoms with E-state index in [-0.39, 0.29) is 0 Å². The van der Waals surface area contributed by atoms with Crippen molar-refractivity contribution in [1.29, 1.82) is 0 Å². The summed E-state index contributed by atoms with van der Waals surface area (Å²) in [7, 11) is 0. The molecule has 0 radical (unpaired) electrons. The molecule has 10 aromatic rings. The number of hydrogen-bond donors (Lipinski definition) is 0. The number of pyridine rings is 4. The lowest BCUT2D eigenvalue weighted by Gasteiger charge is -2.11. The number of benzene rings is 3. The molecule has 7 aromatic heterocycles. The second-order valence-corrected chi connectivity index (χ2v) is 12.6. The zero-order chi connectivity index (χ0) is 35.1. The van der Waals surface area contributed by atoms with Crippen molar-refractivity contribution in [3.63, 3.8) is 0 Å². The average molecular weight is 682 g/mol. The van der Waals surface area contributed by atoms with Crippen LogP contribution >= 0.6 is 0 Å². The van der Waals surface area contributed by atoms with E-state index in [2.05, 4.69) is 75.0 Å². The molecular weight excluding hydrogens is 655 g/mol. The summed E-state index contributed by atoms with van der Waals surface area (Å²) in [5, 5.41) is 1.16. The normalized spacial score (nSPS) is 11.4. The first-order valence-electron chi connectivity index (χ1n) is 17.2. The number of hydrogen-bond acceptors (Lipinski definition) is 8. The first-order chi connectivity index (χ1) is 26.2. The lowest BCUT2D eigenvalue weighted by molar-refractivity contribution is 1.05. The van der Waals surface area contributed by atoms with Crippen molar-refractivity contribution < 1.29 is 0 Å². The van der Waals surface area contributed by atoms with E-state index < -0.39 is 0 Å². The minimum Gasteiger partial charge on any atom is -0.306 e. The third-order valence-corrected chi connectivity index (χ3v) is 9.27. The molecule has 0 N–H and O–H groups in total. The van der Waals surface area contributed by atoms with Gasteiger partial charge in [0.2, 0.25) is 0 Å². The zero-order valence-electron chi connectivity index (χ0n) is 28.1. The average Bonchev–Trinajstić information content (AvgIpc) is 3.64. The molecule has 0 aliphatic heterocycles. The van der Waals surface area contributed by atoms with Gasteiger partial charge >= 0.3 is 0 Å². The summed E-state index contributed by atoms with van der Waals surface area (Å²) in [6.07, 6.45) is 7.12. The Kier molecular flexibility index (Phi) is 7.25. The van der Waals surface area contributed by atoms with E-state index in [9.17, 15) is 0 Å². The molecule has 0 saturated carbocycles. The lowest BCUT2D eigenvalue weighted by Crippen LogP contribution is -2.02. The maximum Gasteiger partial charge on any atom is 0.182 e. The molecule has 9 nitrogen and oxygen atoms in total. The molecule has 7 heterocycles. The smallest absolute Gasteiger partial charge is 0.182 e. The quantitative estimate of drug-likeness (QED) is 0.171. The molecule has 0 spiro atoms. The summed E-state index contributed by atoms with van der Waals surface area (Å²) in [5.41, 5.74) is 11.6. The van der Waals surface area contributed by atoms with E-state index in [1.54, 1.807) is 24.8 Å². The van der Waals surface area contributed by atoms with Crippen molar-refractivity contribution in [1.82, 2.24) is 44.3 Å². The van der Waals surface area contributed by atoms with Crippen LogP contribution < -0.4 is 0 Å². The third-order valence-electron chi connectivity index (χ3n) is 9.27. The van der Waals surface area contributed by atoms with Gasteiger partial charge in [-0.25, -0.2) is 19.9 Å². The molecule has 0 saturated heterocycles. The molecule has 0 aliphatic carbocycles. The first-order valence-corrected chi connectivity index (χ1v) is 17.2. The van der Waals surface area contributed by atoms with E-state index in [4.69, 9.17) is 29.9 Å². The monoisotopic (exact) mass is 681 g/mol. The Morgan fingerprint density at radius 3 is 1.51 bits per heavy atom. The number of fused-ring (bicyclic) bond motifs is 5. The Labute approximate surface area is 303 Å². The molecule has 0 bridgehead atoms. The van der Waals surface area contributed by atoms with Crippen molar-refractivity contribution in [2.45, 2.75) is 0 Å². The van der Waals surface area contributed by atoms with Crippen molar-refractivity contribution in [3.05, 3.63) is 164 Å². The highest BCUT2D eigenvalue weighted by molar-refractivity contribution is 5.98. The Balaban J connectivity index is 1.07. The van der Waals surface area contributed by atoms with Gasteiger partial charge in [0.25, 0.3) is 0 Å². The minimum absolute atomic E-state index is 0.440. The molecule has 9 heteroatoms. The summed E-state index contributed by atoms with van der Waals surface area (Å²) >= 11 is 0. The van der Waals surface area contributed by atoms with Crippen molar-refractivity contribution in [2.75, 3.05) is 0 Å². The van der Waals surface area contributed by atoms with E-state index in [0.717, 1.165) is 66.8 Å². The number of rotatable bonds is 6. The second kappa shape index (κ2) is 12.7. The van der Waals surface area contributed by atoms with Crippen LogP contribution in [-0.2, 0) is 0 Å². The largest absolute Gasteiger partial charge is 0.306 e. The number of nitrogens with zero attached hydrogens (tertiary/aromatic N) is 9. The fourth-order valence-electron chi connectivity index (χ4n) is 6.66. The SMILES string of the molecule is c1ccc(-c2ccc(-c3nc(-c4ccc(-c5nc6ccccc6n6c5cc5ccccc56)cc4)nc(-c4ccc(-c5ccccn5)cn4)n3)nc2)nc1. The van der Waals surface area contributed by atoms with E-state index in [1.807, 2.05) is 78.9 Å². The van der Waals surface area contributed by atoms with Crippen LogP contribution in [0.4, 0.5) is 0 Å². The van der Waals surface area contributed by atoms with E-state index in [1.165, 1.54) is 0 Å². The van der Waals surface area contributed by atoms with Crippen LogP contribution in [0, 0.1) is 0 Å². The van der Waals surface area contributed by atoms with Gasteiger partial charge in [-0.15, -0.1) is 0 Å². The molecule has 0 atom stereocenters. The van der Waals surface area contributed by atoms with Gasteiger partial charge in [0.05, 0.1) is 39.1 Å². The number of aromatic nitrogens is 9. The van der Waals surface area contributed by atoms with Crippen LogP contribution in [0.3, 0.4) is 0 Å². The van der Waals surface area contributed by atoms with Gasteiger partial charge in [-0.05, 0) is 72.8 Å². The predicted octanol–water partition coefficient (Wildman–Crippen LogP) is 9.41. The molecule has 0 amide bonds. The Bertz CT molecular complexity index is 2810. The van der Waals surface area contributed by atoms with Crippen molar-refractivity contribution >= 4 is 27.5 Å². The lowest BCUT2D eigenvalue weighted by atomic mass is 10.1. The van der Waals surface area contributed by atoms with Crippen molar-refractivity contribution in [2.24, 2.45) is 0 Å². The van der Waals surface area contributed by atoms with Gasteiger partial charge in [-0.1, -0.05) is 66.7 Å². The standard InChI is InChI=1S/C44H27N9/c1-3-13-38-30(9-1)25-40-41(49-35-12-2-4-14-39(35)53(38)40)28-15-17-29(18-16-28)42-50-43(36-21-19-31(26-47-36)33-10-5-7-23-45-33)52-44(51-42)37-22-20-32(27-48-37)34-11-6-8-24-46-34/h1-27H. The highest BCUT2D eigenvalue weighted by atomic mass is 15.1. The molecule has 53 heavy (non-hydrogen) atoms. The molecule has 0 aliphatic rings. The molecule has 10 rings (SSSR count). The summed E-state index contributed by atoms with van der Waals surface area (Å²) < 4.78 is 2.30. The maximum absolute atomic E-state index is 5.15. The van der Waals surface area contributed by atoms with Crippen LogP contribution in [0.2, 0.25) is 0 Å². The van der Waals surface area contributed by atoms with Crippen molar-refractivity contribution in [3.8, 4) is 68.2 Å². The highest BCUT2D eigenvalue weighted by Gasteiger charge is 2.17. The Hall–Kier alpha value is -7.52. The zero-order valence-corrected chi connectivity index (χ0v) is 28.1. The topological polar surface area (TPSA) is 108 Å². The summed E-state index contributed by atoms with van der Waals surface area (Å²) in [4.78, 5) is 38.3. The fraction of sp³-hybridized carbons (Fsp3) is 0. The molecule has 3 aromatic carbocycles. The second-order valence-electron chi connectivity index (χ2n) is 12.6. The van der Waals surface area contributed by atoms with Crippen LogP contribution in [-0.4, -0.2) is 44.3 Å². The molecule has 248 valence electrons. The van der Waals surface area contributed by atoms with Gasteiger partial charge in [0, 0.05) is 52.4 Å². The Morgan fingerprint density at radius 1 is 0.358 bits per heavy atom. The van der Waals surface area contributed by atoms with E-state index in [0.29, 0.717) is 28.9 Å². The maximum atomic E-state index is 5.15.